The number of rotatable bonds is 5. The van der Waals surface area contributed by atoms with Crippen LogP contribution in [0.15, 0.2) is 6.33 Å². The number of aromatic amines is 1. The van der Waals surface area contributed by atoms with E-state index in [4.69, 9.17) is 5.11 Å². The molecule has 8 heteroatoms. The van der Waals surface area contributed by atoms with E-state index in [0.717, 1.165) is 0 Å². The molecule has 1 aromatic rings. The van der Waals surface area contributed by atoms with Gasteiger partial charge in [0.2, 0.25) is 0 Å². The highest BCUT2D eigenvalue weighted by atomic mass is 16.4. The molecule has 0 fully saturated rings. The predicted octanol–water partition coefficient (Wildman–Crippen LogP) is 1.05. The van der Waals surface area contributed by atoms with Crippen LogP contribution in [0.2, 0.25) is 0 Å². The Morgan fingerprint density at radius 2 is 2.05 bits per heavy atom. The van der Waals surface area contributed by atoms with Gasteiger partial charge >= 0.3 is 12.0 Å². The third-order valence-electron chi connectivity index (χ3n) is 2.92. The van der Waals surface area contributed by atoms with Crippen molar-refractivity contribution in [3.63, 3.8) is 0 Å². The number of carboxylic acid groups (broad SMARTS) is 1. The van der Waals surface area contributed by atoms with Crippen LogP contribution < -0.4 is 10.6 Å². The van der Waals surface area contributed by atoms with Crippen molar-refractivity contribution in [1.29, 1.82) is 0 Å². The quantitative estimate of drug-likeness (QED) is 0.644. The second-order valence-corrected chi connectivity index (χ2v) is 5.73. The van der Waals surface area contributed by atoms with Crippen molar-refractivity contribution in [2.75, 3.05) is 0 Å². The van der Waals surface area contributed by atoms with Crippen LogP contribution in [-0.4, -0.2) is 38.3 Å². The molecule has 0 saturated carbocycles. The third kappa shape index (κ3) is 4.87. The molecule has 8 nitrogen and oxygen atoms in total. The monoisotopic (exact) mass is 283 g/mol. The maximum absolute atomic E-state index is 11.9. The lowest BCUT2D eigenvalue weighted by atomic mass is 9.85. The lowest BCUT2D eigenvalue weighted by Crippen LogP contribution is -2.49. The van der Waals surface area contributed by atoms with Gasteiger partial charge < -0.3 is 15.7 Å². The number of carbonyl (C=O) groups excluding carboxylic acids is 1. The number of amides is 2. The Bertz CT molecular complexity index is 452. The van der Waals surface area contributed by atoms with Crippen molar-refractivity contribution in [2.24, 2.45) is 5.41 Å². The van der Waals surface area contributed by atoms with Gasteiger partial charge in [0.15, 0.2) is 0 Å². The van der Waals surface area contributed by atoms with Gasteiger partial charge in [-0.25, -0.2) is 9.78 Å². The molecule has 2 unspecified atom stereocenters. The first-order valence-electron chi connectivity index (χ1n) is 6.34. The van der Waals surface area contributed by atoms with Gasteiger partial charge in [-0.05, 0) is 12.3 Å². The molecular weight excluding hydrogens is 262 g/mol. The summed E-state index contributed by atoms with van der Waals surface area (Å²) in [6.45, 7) is 7.38. The summed E-state index contributed by atoms with van der Waals surface area (Å²) in [6.07, 6.45) is 1.22. The first-order chi connectivity index (χ1) is 9.20. The molecule has 112 valence electrons. The van der Waals surface area contributed by atoms with Crippen molar-refractivity contribution in [1.82, 2.24) is 25.8 Å². The molecule has 2 amide bonds. The van der Waals surface area contributed by atoms with Crippen LogP contribution in [0, 0.1) is 5.41 Å². The summed E-state index contributed by atoms with van der Waals surface area (Å²) in [4.78, 5) is 26.7. The van der Waals surface area contributed by atoms with Gasteiger partial charge in [-0.2, -0.15) is 5.10 Å². The number of H-pyrrole nitrogens is 1. The molecule has 0 saturated heterocycles. The van der Waals surface area contributed by atoms with E-state index in [9.17, 15) is 9.59 Å². The van der Waals surface area contributed by atoms with Crippen LogP contribution in [0.4, 0.5) is 4.79 Å². The zero-order chi connectivity index (χ0) is 15.3. The molecule has 0 aliphatic carbocycles. The largest absolute Gasteiger partial charge is 0.481 e. The number of hydrogen-bond donors (Lipinski definition) is 4. The topological polar surface area (TPSA) is 120 Å². The summed E-state index contributed by atoms with van der Waals surface area (Å²) in [7, 11) is 0. The van der Waals surface area contributed by atoms with Crippen molar-refractivity contribution >= 4 is 12.0 Å². The fraction of sp³-hybridized carbons (Fsp3) is 0.667. The van der Waals surface area contributed by atoms with E-state index < -0.39 is 18.0 Å². The molecule has 0 aromatic carbocycles. The fourth-order valence-electron chi connectivity index (χ4n) is 1.64. The van der Waals surface area contributed by atoms with Crippen LogP contribution in [0.1, 0.15) is 46.0 Å². The van der Waals surface area contributed by atoms with E-state index in [1.807, 2.05) is 20.8 Å². The minimum Gasteiger partial charge on any atom is -0.481 e. The van der Waals surface area contributed by atoms with Gasteiger partial charge in [0.05, 0.1) is 12.5 Å². The number of carboxylic acids is 1. The van der Waals surface area contributed by atoms with Crippen LogP contribution in [0.3, 0.4) is 0 Å². The molecule has 1 aromatic heterocycles. The zero-order valence-corrected chi connectivity index (χ0v) is 12.1. The van der Waals surface area contributed by atoms with Crippen molar-refractivity contribution in [3.05, 3.63) is 12.2 Å². The van der Waals surface area contributed by atoms with E-state index in [-0.39, 0.29) is 17.9 Å². The van der Waals surface area contributed by atoms with E-state index >= 15 is 0 Å². The highest BCUT2D eigenvalue weighted by Crippen LogP contribution is 2.21. The number of urea groups is 1. The van der Waals surface area contributed by atoms with E-state index in [2.05, 4.69) is 25.8 Å². The zero-order valence-electron chi connectivity index (χ0n) is 12.1. The Labute approximate surface area is 117 Å². The smallest absolute Gasteiger partial charge is 0.315 e. The van der Waals surface area contributed by atoms with Crippen molar-refractivity contribution in [2.45, 2.75) is 46.2 Å². The normalized spacial score (nSPS) is 14.4. The number of aliphatic carboxylic acids is 1. The second-order valence-electron chi connectivity index (χ2n) is 5.73. The van der Waals surface area contributed by atoms with Gasteiger partial charge in [0.25, 0.3) is 0 Å². The highest BCUT2D eigenvalue weighted by molar-refractivity contribution is 5.76. The Balaban J connectivity index is 2.60. The number of aromatic nitrogens is 3. The van der Waals surface area contributed by atoms with Crippen LogP contribution in [0.25, 0.3) is 0 Å². The summed E-state index contributed by atoms with van der Waals surface area (Å²) in [5, 5.41) is 20.6. The molecule has 4 N–H and O–H groups in total. The maximum Gasteiger partial charge on any atom is 0.315 e. The molecule has 0 spiro atoms. The summed E-state index contributed by atoms with van der Waals surface area (Å²) in [6, 6.07) is -1.25. The summed E-state index contributed by atoms with van der Waals surface area (Å²) in [5.41, 5.74) is -0.356. The van der Waals surface area contributed by atoms with Gasteiger partial charge in [-0.1, -0.05) is 20.8 Å². The van der Waals surface area contributed by atoms with Gasteiger partial charge in [0, 0.05) is 6.04 Å². The molecule has 0 aliphatic rings. The van der Waals surface area contributed by atoms with E-state index in [1.165, 1.54) is 6.33 Å². The van der Waals surface area contributed by atoms with E-state index in [0.29, 0.717) is 5.82 Å². The minimum atomic E-state index is -0.950. The predicted molar refractivity (Wildman–Crippen MR) is 72.0 cm³/mol. The number of nitrogens with zero attached hydrogens (tertiary/aromatic N) is 2. The average molecular weight is 283 g/mol. The maximum atomic E-state index is 11.9. The Morgan fingerprint density at radius 3 is 2.50 bits per heavy atom. The van der Waals surface area contributed by atoms with Crippen molar-refractivity contribution < 1.29 is 14.7 Å². The van der Waals surface area contributed by atoms with Crippen molar-refractivity contribution in [3.8, 4) is 0 Å². The second kappa shape index (κ2) is 6.36. The van der Waals surface area contributed by atoms with Gasteiger partial charge in [-0.3, -0.25) is 9.89 Å². The summed E-state index contributed by atoms with van der Waals surface area (Å²) >= 11 is 0. The molecule has 0 aliphatic heterocycles. The SMILES string of the molecule is CC(NC(=O)NC(CC(=O)O)C(C)(C)C)c1ncn[nH]1. The average Bonchev–Trinajstić information content (AvgIpc) is 2.79. The standard InChI is InChI=1S/C12H21N5O3/c1-7(10-13-6-14-17-10)15-11(20)16-8(5-9(18)19)12(2,3)4/h6-8H,5H2,1-4H3,(H,18,19)(H,13,14,17)(H2,15,16,20). The number of hydrogen-bond acceptors (Lipinski definition) is 4. The van der Waals surface area contributed by atoms with Gasteiger partial charge in [0.1, 0.15) is 12.2 Å². The Kier molecular flexibility index (Phi) is 5.06. The number of carbonyl (C=O) groups is 2. The highest BCUT2D eigenvalue weighted by Gasteiger charge is 2.28. The molecule has 0 radical (unpaired) electrons. The molecule has 0 bridgehead atoms. The molecule has 20 heavy (non-hydrogen) atoms. The summed E-state index contributed by atoms with van der Waals surface area (Å²) in [5.74, 6) is -0.417. The van der Waals surface area contributed by atoms with Crippen LogP contribution in [0.5, 0.6) is 0 Å². The first-order valence-corrected chi connectivity index (χ1v) is 6.34. The van der Waals surface area contributed by atoms with Gasteiger partial charge in [-0.15, -0.1) is 0 Å². The van der Waals surface area contributed by atoms with Crippen LogP contribution >= 0.6 is 0 Å². The lowest BCUT2D eigenvalue weighted by Gasteiger charge is -2.30. The fourth-order valence-corrected chi connectivity index (χ4v) is 1.64. The molecular formula is C12H21N5O3. The minimum absolute atomic E-state index is 0.131. The third-order valence-corrected chi connectivity index (χ3v) is 2.92. The molecule has 2 atom stereocenters. The molecule has 1 heterocycles. The number of nitrogens with one attached hydrogen (secondary N) is 3. The lowest BCUT2D eigenvalue weighted by molar-refractivity contribution is -0.138. The first kappa shape index (κ1) is 15.9. The van der Waals surface area contributed by atoms with E-state index in [1.54, 1.807) is 6.92 Å². The van der Waals surface area contributed by atoms with Crippen LogP contribution in [-0.2, 0) is 4.79 Å². The summed E-state index contributed by atoms with van der Waals surface area (Å²) < 4.78 is 0. The Morgan fingerprint density at radius 1 is 1.40 bits per heavy atom. The Hall–Kier alpha value is -2.12. The molecule has 1 rings (SSSR count).